The van der Waals surface area contributed by atoms with Gasteiger partial charge in [-0.25, -0.2) is 0 Å². The minimum absolute atomic E-state index is 0.529. The van der Waals surface area contributed by atoms with Crippen molar-refractivity contribution in [2.24, 2.45) is 0 Å². The van der Waals surface area contributed by atoms with Crippen molar-refractivity contribution in [3.8, 4) is 0 Å². The number of unbranched alkanes of at least 4 members (excludes halogenated alkanes) is 2. The van der Waals surface area contributed by atoms with E-state index in [0.717, 1.165) is 17.7 Å². The highest BCUT2D eigenvalue weighted by atomic mass is 35.5. The second kappa shape index (κ2) is 11.3. The number of aldehydes is 1. The molecule has 0 aliphatic rings. The predicted molar refractivity (Wildman–Crippen MR) is 66.5 cm³/mol. The van der Waals surface area contributed by atoms with Crippen molar-refractivity contribution in [3.63, 3.8) is 0 Å². The molecule has 0 bridgehead atoms. The molecule has 1 aromatic carbocycles. The molecule has 0 atom stereocenters. The lowest BCUT2D eigenvalue weighted by Crippen LogP contribution is -1.82. The number of halogens is 1. The van der Waals surface area contributed by atoms with E-state index in [1.807, 2.05) is 30.3 Å². The minimum atomic E-state index is 0.529. The van der Waals surface area contributed by atoms with Gasteiger partial charge in [0.05, 0.1) is 0 Å². The summed E-state index contributed by atoms with van der Waals surface area (Å²) in [5.74, 6) is 0.827. The average Bonchev–Trinajstić information content (AvgIpc) is 2.29. The Morgan fingerprint density at radius 3 is 2.27 bits per heavy atom. The van der Waals surface area contributed by atoms with E-state index in [2.05, 4.69) is 6.92 Å². The summed E-state index contributed by atoms with van der Waals surface area (Å²) in [6, 6.07) is 9.68. The topological polar surface area (TPSA) is 17.1 Å². The van der Waals surface area contributed by atoms with Gasteiger partial charge in [0.1, 0.15) is 6.29 Å². The zero-order chi connectivity index (χ0) is 11.4. The maximum Gasteiger partial charge on any atom is 0.124 e. The summed E-state index contributed by atoms with van der Waals surface area (Å²) in [4.78, 5) is 9.97. The van der Waals surface area contributed by atoms with Crippen LogP contribution in [0.25, 0.3) is 0 Å². The summed E-state index contributed by atoms with van der Waals surface area (Å²) >= 11 is 5.38. The molecule has 0 amide bonds. The van der Waals surface area contributed by atoms with Crippen molar-refractivity contribution < 1.29 is 4.79 Å². The molecule has 0 aliphatic heterocycles. The van der Waals surface area contributed by atoms with E-state index in [1.165, 1.54) is 19.3 Å². The Morgan fingerprint density at radius 2 is 1.87 bits per heavy atom. The van der Waals surface area contributed by atoms with Crippen LogP contribution < -0.4 is 0 Å². The van der Waals surface area contributed by atoms with Crippen molar-refractivity contribution in [3.05, 3.63) is 35.9 Å². The van der Waals surface area contributed by atoms with Gasteiger partial charge in [0.2, 0.25) is 0 Å². The summed E-state index contributed by atoms with van der Waals surface area (Å²) in [7, 11) is 0. The molecule has 0 heterocycles. The first-order valence-electron chi connectivity index (χ1n) is 5.38. The minimum Gasteiger partial charge on any atom is -0.303 e. The monoisotopic (exact) mass is 226 g/mol. The number of carbonyl (C=O) groups excluding carboxylic acids is 1. The van der Waals surface area contributed by atoms with Crippen LogP contribution in [0.1, 0.15) is 31.7 Å². The van der Waals surface area contributed by atoms with Gasteiger partial charge in [-0.1, -0.05) is 50.1 Å². The Bertz CT molecular complexity index is 230. The largest absolute Gasteiger partial charge is 0.303 e. The number of alkyl halides is 1. The van der Waals surface area contributed by atoms with Gasteiger partial charge >= 0.3 is 0 Å². The van der Waals surface area contributed by atoms with E-state index in [0.29, 0.717) is 6.42 Å². The van der Waals surface area contributed by atoms with Crippen LogP contribution in [-0.4, -0.2) is 12.2 Å². The normalized spacial score (nSPS) is 8.93. The van der Waals surface area contributed by atoms with Crippen molar-refractivity contribution in [1.82, 2.24) is 0 Å². The molecule has 15 heavy (non-hydrogen) atoms. The van der Waals surface area contributed by atoms with E-state index in [4.69, 9.17) is 11.6 Å². The summed E-state index contributed by atoms with van der Waals surface area (Å²) < 4.78 is 0. The number of benzene rings is 1. The van der Waals surface area contributed by atoms with Crippen molar-refractivity contribution in [2.45, 2.75) is 32.6 Å². The molecule has 0 aromatic heterocycles. The number of hydrogen-bond donors (Lipinski definition) is 0. The number of hydrogen-bond acceptors (Lipinski definition) is 1. The van der Waals surface area contributed by atoms with E-state index >= 15 is 0 Å². The molecule has 0 saturated carbocycles. The van der Waals surface area contributed by atoms with Crippen molar-refractivity contribution in [2.75, 3.05) is 5.88 Å². The summed E-state index contributed by atoms with van der Waals surface area (Å²) in [6.45, 7) is 2.17. The van der Waals surface area contributed by atoms with E-state index in [9.17, 15) is 4.79 Å². The molecule has 0 fully saturated rings. The second-order valence-corrected chi connectivity index (χ2v) is 3.63. The summed E-state index contributed by atoms with van der Waals surface area (Å²) in [5.41, 5.74) is 1.08. The fraction of sp³-hybridized carbons (Fsp3) is 0.462. The van der Waals surface area contributed by atoms with Crippen LogP contribution in [0.15, 0.2) is 30.3 Å². The van der Waals surface area contributed by atoms with Gasteiger partial charge in [-0.15, -0.1) is 11.6 Å². The van der Waals surface area contributed by atoms with Gasteiger partial charge in [0, 0.05) is 12.3 Å². The molecule has 0 radical (unpaired) electrons. The van der Waals surface area contributed by atoms with E-state index in [-0.39, 0.29) is 0 Å². The SMILES string of the molecule is CCCCCCl.O=CCc1ccccc1. The van der Waals surface area contributed by atoms with Gasteiger partial charge in [0.15, 0.2) is 0 Å². The highest BCUT2D eigenvalue weighted by molar-refractivity contribution is 6.17. The lowest BCUT2D eigenvalue weighted by atomic mass is 10.2. The molecular formula is C13H19ClO. The highest BCUT2D eigenvalue weighted by Gasteiger charge is 1.84. The quantitative estimate of drug-likeness (QED) is 0.424. The van der Waals surface area contributed by atoms with Crippen LogP contribution in [-0.2, 0) is 11.2 Å². The summed E-state index contributed by atoms with van der Waals surface area (Å²) in [6.07, 6.45) is 5.17. The van der Waals surface area contributed by atoms with Crippen LogP contribution >= 0.6 is 11.6 Å². The molecule has 2 heteroatoms. The van der Waals surface area contributed by atoms with Crippen LogP contribution in [0.3, 0.4) is 0 Å². The van der Waals surface area contributed by atoms with Crippen LogP contribution in [0.5, 0.6) is 0 Å². The van der Waals surface area contributed by atoms with Gasteiger partial charge in [-0.3, -0.25) is 0 Å². The van der Waals surface area contributed by atoms with Crippen LogP contribution in [0, 0.1) is 0 Å². The Labute approximate surface area is 97.5 Å². The zero-order valence-corrected chi connectivity index (χ0v) is 10.0. The van der Waals surface area contributed by atoms with Gasteiger partial charge in [-0.05, 0) is 12.0 Å². The number of carbonyl (C=O) groups is 1. The molecule has 0 spiro atoms. The summed E-state index contributed by atoms with van der Waals surface area (Å²) in [5, 5.41) is 0. The van der Waals surface area contributed by atoms with Gasteiger partial charge in [-0.2, -0.15) is 0 Å². The predicted octanol–water partition coefficient (Wildman–Crippen LogP) is 3.84. The Kier molecular flexibility index (Phi) is 10.6. The smallest absolute Gasteiger partial charge is 0.124 e. The van der Waals surface area contributed by atoms with Crippen molar-refractivity contribution >= 4 is 17.9 Å². The first-order valence-corrected chi connectivity index (χ1v) is 5.92. The zero-order valence-electron chi connectivity index (χ0n) is 9.29. The number of rotatable bonds is 5. The molecule has 0 aliphatic carbocycles. The van der Waals surface area contributed by atoms with Crippen LogP contribution in [0.2, 0.25) is 0 Å². The third kappa shape index (κ3) is 9.48. The third-order valence-corrected chi connectivity index (χ3v) is 2.17. The molecular weight excluding hydrogens is 208 g/mol. The Morgan fingerprint density at radius 1 is 1.20 bits per heavy atom. The van der Waals surface area contributed by atoms with Gasteiger partial charge in [0.25, 0.3) is 0 Å². The lowest BCUT2D eigenvalue weighted by Gasteiger charge is -1.89. The first-order chi connectivity index (χ1) is 7.35. The molecule has 1 aromatic rings. The lowest BCUT2D eigenvalue weighted by molar-refractivity contribution is -0.107. The Hall–Kier alpha value is -0.820. The standard InChI is InChI=1S/C8H8O.C5H11Cl/c9-7-6-8-4-2-1-3-5-8;1-2-3-4-5-6/h1-5,7H,6H2;2-5H2,1H3. The first kappa shape index (κ1) is 14.2. The molecule has 1 rings (SSSR count). The molecule has 1 nitrogen and oxygen atoms in total. The Balaban J connectivity index is 0.000000288. The van der Waals surface area contributed by atoms with Gasteiger partial charge < -0.3 is 4.79 Å². The maximum absolute atomic E-state index is 9.97. The average molecular weight is 227 g/mol. The third-order valence-electron chi connectivity index (χ3n) is 1.90. The van der Waals surface area contributed by atoms with Crippen LogP contribution in [0.4, 0.5) is 0 Å². The fourth-order valence-corrected chi connectivity index (χ4v) is 1.24. The van der Waals surface area contributed by atoms with E-state index < -0.39 is 0 Å². The molecule has 84 valence electrons. The molecule has 0 saturated heterocycles. The highest BCUT2D eigenvalue weighted by Crippen LogP contribution is 1.96. The fourth-order valence-electron chi connectivity index (χ4n) is 1.05. The maximum atomic E-state index is 9.97. The second-order valence-electron chi connectivity index (χ2n) is 3.25. The molecule has 0 unspecified atom stereocenters. The molecule has 0 N–H and O–H groups in total. The van der Waals surface area contributed by atoms with E-state index in [1.54, 1.807) is 0 Å². The van der Waals surface area contributed by atoms with Crippen molar-refractivity contribution in [1.29, 1.82) is 0 Å².